The molecule has 2 N–H and O–H groups in total. The number of nitrogens with zero attached hydrogens (tertiary/aromatic N) is 1. The van der Waals surface area contributed by atoms with Gasteiger partial charge in [0.25, 0.3) is 5.91 Å². The van der Waals surface area contributed by atoms with Crippen LogP contribution in [0.1, 0.15) is 21.5 Å². The minimum absolute atomic E-state index is 0.194. The molecule has 136 valence electrons. The molecule has 1 aromatic heterocycles. The van der Waals surface area contributed by atoms with Crippen molar-refractivity contribution >= 4 is 23.1 Å². The number of hydrogen-bond donors (Lipinski definition) is 2. The number of aromatic nitrogens is 1. The molecule has 2 heterocycles. The van der Waals surface area contributed by atoms with Gasteiger partial charge < -0.3 is 20.1 Å². The van der Waals surface area contributed by atoms with E-state index in [-0.39, 0.29) is 12.7 Å². The molecular formula is C21H19N3O3. The van der Waals surface area contributed by atoms with Gasteiger partial charge in [-0.3, -0.25) is 4.79 Å². The number of rotatable bonds is 4. The van der Waals surface area contributed by atoms with Gasteiger partial charge in [0, 0.05) is 23.6 Å². The topological polar surface area (TPSA) is 72.5 Å². The molecule has 2 aromatic carbocycles. The van der Waals surface area contributed by atoms with E-state index < -0.39 is 0 Å². The summed E-state index contributed by atoms with van der Waals surface area (Å²) in [5, 5.41) is 6.08. The number of carbonyl (C=O) groups excluding carboxylic acids is 1. The quantitative estimate of drug-likeness (QED) is 0.719. The Kier molecular flexibility index (Phi) is 4.38. The smallest absolute Gasteiger partial charge is 0.257 e. The average Bonchev–Trinajstić information content (AvgIpc) is 3.13. The van der Waals surface area contributed by atoms with Crippen molar-refractivity contribution in [2.75, 3.05) is 17.4 Å². The zero-order chi connectivity index (χ0) is 18.8. The summed E-state index contributed by atoms with van der Waals surface area (Å²) < 4.78 is 10.7. The van der Waals surface area contributed by atoms with Crippen LogP contribution in [0.3, 0.4) is 0 Å². The molecule has 3 aromatic rings. The second-order valence-electron chi connectivity index (χ2n) is 6.38. The second kappa shape index (κ2) is 6.99. The number of anilines is 3. The van der Waals surface area contributed by atoms with Crippen LogP contribution in [0.5, 0.6) is 11.5 Å². The Labute approximate surface area is 157 Å². The highest BCUT2D eigenvalue weighted by Crippen LogP contribution is 2.34. The predicted octanol–water partition coefficient (Wildman–Crippen LogP) is 4.42. The van der Waals surface area contributed by atoms with Gasteiger partial charge in [0.2, 0.25) is 6.79 Å². The lowest BCUT2D eigenvalue weighted by molar-refractivity contribution is 0.102. The third-order valence-corrected chi connectivity index (χ3v) is 4.44. The Bertz CT molecular complexity index is 1000. The molecule has 0 atom stereocenters. The highest BCUT2D eigenvalue weighted by atomic mass is 16.7. The lowest BCUT2D eigenvalue weighted by Crippen LogP contribution is -2.12. The van der Waals surface area contributed by atoms with Crippen LogP contribution in [0.2, 0.25) is 0 Å². The van der Waals surface area contributed by atoms with Gasteiger partial charge in [-0.25, -0.2) is 4.98 Å². The Hall–Kier alpha value is -3.54. The van der Waals surface area contributed by atoms with E-state index in [1.54, 1.807) is 18.3 Å². The van der Waals surface area contributed by atoms with Gasteiger partial charge >= 0.3 is 0 Å². The lowest BCUT2D eigenvalue weighted by Gasteiger charge is -2.09. The minimum Gasteiger partial charge on any atom is -0.454 e. The van der Waals surface area contributed by atoms with Crippen LogP contribution in [0.4, 0.5) is 17.2 Å². The first kappa shape index (κ1) is 16.9. The Morgan fingerprint density at radius 2 is 1.74 bits per heavy atom. The van der Waals surface area contributed by atoms with Crippen molar-refractivity contribution in [1.82, 2.24) is 4.98 Å². The van der Waals surface area contributed by atoms with E-state index in [1.807, 2.05) is 50.2 Å². The summed E-state index contributed by atoms with van der Waals surface area (Å²) >= 11 is 0. The molecule has 0 aliphatic carbocycles. The first-order valence-electron chi connectivity index (χ1n) is 8.60. The SMILES string of the molecule is Cc1ccc(NC(=O)c2ccc(Nc3ccc4c(c3)OCO4)nc2)cc1C. The van der Waals surface area contributed by atoms with E-state index in [4.69, 9.17) is 9.47 Å². The van der Waals surface area contributed by atoms with Gasteiger partial charge in [0.15, 0.2) is 11.5 Å². The van der Waals surface area contributed by atoms with Crippen LogP contribution in [0.15, 0.2) is 54.7 Å². The predicted molar refractivity (Wildman–Crippen MR) is 104 cm³/mol. The number of aryl methyl sites for hydroxylation is 2. The summed E-state index contributed by atoms with van der Waals surface area (Å²) in [7, 11) is 0. The average molecular weight is 361 g/mol. The van der Waals surface area contributed by atoms with Crippen molar-refractivity contribution in [2.24, 2.45) is 0 Å². The molecule has 0 radical (unpaired) electrons. The summed E-state index contributed by atoms with van der Waals surface area (Å²) in [6.07, 6.45) is 1.55. The number of nitrogens with one attached hydrogen (secondary N) is 2. The van der Waals surface area contributed by atoms with Gasteiger partial charge in [0.05, 0.1) is 5.56 Å². The van der Waals surface area contributed by atoms with Gasteiger partial charge in [-0.2, -0.15) is 0 Å². The molecule has 1 aliphatic rings. The van der Waals surface area contributed by atoms with Crippen LogP contribution in [-0.2, 0) is 0 Å². The molecule has 27 heavy (non-hydrogen) atoms. The minimum atomic E-state index is -0.194. The number of carbonyl (C=O) groups is 1. The van der Waals surface area contributed by atoms with Crippen molar-refractivity contribution in [3.63, 3.8) is 0 Å². The van der Waals surface area contributed by atoms with E-state index in [9.17, 15) is 4.79 Å². The third-order valence-electron chi connectivity index (χ3n) is 4.44. The number of pyridine rings is 1. The molecule has 0 fully saturated rings. The maximum atomic E-state index is 12.4. The van der Waals surface area contributed by atoms with Gasteiger partial charge in [-0.15, -0.1) is 0 Å². The van der Waals surface area contributed by atoms with Crippen molar-refractivity contribution < 1.29 is 14.3 Å². The molecule has 6 nitrogen and oxygen atoms in total. The lowest BCUT2D eigenvalue weighted by atomic mass is 10.1. The summed E-state index contributed by atoms with van der Waals surface area (Å²) in [5.41, 5.74) is 4.41. The van der Waals surface area contributed by atoms with Crippen LogP contribution >= 0.6 is 0 Å². The fourth-order valence-corrected chi connectivity index (χ4v) is 2.75. The molecule has 4 rings (SSSR count). The van der Waals surface area contributed by atoms with Crippen LogP contribution in [0, 0.1) is 13.8 Å². The van der Waals surface area contributed by atoms with Crippen LogP contribution in [0.25, 0.3) is 0 Å². The highest BCUT2D eigenvalue weighted by Gasteiger charge is 2.13. The normalized spacial score (nSPS) is 11.9. The fourth-order valence-electron chi connectivity index (χ4n) is 2.75. The molecule has 0 unspecified atom stereocenters. The molecule has 0 saturated carbocycles. The first-order valence-corrected chi connectivity index (χ1v) is 8.60. The number of ether oxygens (including phenoxy) is 2. The van der Waals surface area contributed by atoms with Crippen LogP contribution in [-0.4, -0.2) is 17.7 Å². The highest BCUT2D eigenvalue weighted by molar-refractivity contribution is 6.04. The molecule has 1 amide bonds. The summed E-state index contributed by atoms with van der Waals surface area (Å²) in [4.78, 5) is 16.7. The van der Waals surface area contributed by atoms with E-state index in [2.05, 4.69) is 15.6 Å². The van der Waals surface area contributed by atoms with Crippen molar-refractivity contribution in [1.29, 1.82) is 0 Å². The molecule has 0 saturated heterocycles. The van der Waals surface area contributed by atoms with E-state index in [1.165, 1.54) is 5.56 Å². The van der Waals surface area contributed by atoms with E-state index in [0.29, 0.717) is 17.1 Å². The van der Waals surface area contributed by atoms with Gasteiger partial charge in [-0.1, -0.05) is 6.07 Å². The third kappa shape index (κ3) is 3.69. The molecule has 6 heteroatoms. The molecular weight excluding hydrogens is 342 g/mol. The number of benzene rings is 2. The number of hydrogen-bond acceptors (Lipinski definition) is 5. The standard InChI is InChI=1S/C21H19N3O3/c1-13-3-5-16(9-14(13)2)24-21(25)15-4-8-20(22-11-15)23-17-6-7-18-19(10-17)27-12-26-18/h3-11H,12H2,1-2H3,(H,22,23)(H,24,25). The molecule has 0 bridgehead atoms. The van der Waals surface area contributed by atoms with Crippen molar-refractivity contribution in [3.05, 3.63) is 71.4 Å². The first-order chi connectivity index (χ1) is 13.1. The molecule has 1 aliphatic heterocycles. The Morgan fingerprint density at radius 1 is 0.926 bits per heavy atom. The van der Waals surface area contributed by atoms with Gasteiger partial charge in [0.1, 0.15) is 5.82 Å². The zero-order valence-electron chi connectivity index (χ0n) is 15.1. The van der Waals surface area contributed by atoms with E-state index >= 15 is 0 Å². The number of amides is 1. The second-order valence-corrected chi connectivity index (χ2v) is 6.38. The molecule has 0 spiro atoms. The summed E-state index contributed by atoms with van der Waals surface area (Å²) in [5.74, 6) is 1.87. The van der Waals surface area contributed by atoms with Crippen LogP contribution < -0.4 is 20.1 Å². The largest absolute Gasteiger partial charge is 0.454 e. The number of fused-ring (bicyclic) bond motifs is 1. The monoisotopic (exact) mass is 361 g/mol. The Balaban J connectivity index is 1.43. The van der Waals surface area contributed by atoms with E-state index in [0.717, 1.165) is 22.7 Å². The zero-order valence-corrected chi connectivity index (χ0v) is 15.1. The summed E-state index contributed by atoms with van der Waals surface area (Å²) in [6, 6.07) is 14.9. The van der Waals surface area contributed by atoms with Crippen molar-refractivity contribution in [3.8, 4) is 11.5 Å². The summed E-state index contributed by atoms with van der Waals surface area (Å²) in [6.45, 7) is 4.29. The maximum Gasteiger partial charge on any atom is 0.257 e. The fraction of sp³-hybridized carbons (Fsp3) is 0.143. The maximum absolute atomic E-state index is 12.4. The Morgan fingerprint density at radius 3 is 2.52 bits per heavy atom. The van der Waals surface area contributed by atoms with Crippen molar-refractivity contribution in [2.45, 2.75) is 13.8 Å². The van der Waals surface area contributed by atoms with Gasteiger partial charge in [-0.05, 0) is 61.4 Å².